The largest absolute Gasteiger partial charge is 0.378 e. The standard InChI is InChI=1S/C12H21N3O/c1-11(3-2-4-13)14-5-7-15(8-6-14)12-9-16-10-12/h11-12H,2-3,5-10H2,1H3. The molecule has 0 amide bonds. The Morgan fingerprint density at radius 2 is 2.00 bits per heavy atom. The van der Waals surface area contributed by atoms with Gasteiger partial charge in [-0.15, -0.1) is 0 Å². The molecule has 0 saturated carbocycles. The second-order valence-corrected chi connectivity index (χ2v) is 4.81. The molecule has 2 rings (SSSR count). The van der Waals surface area contributed by atoms with E-state index in [0.717, 1.165) is 45.8 Å². The molecule has 2 fully saturated rings. The second-order valence-electron chi connectivity index (χ2n) is 4.81. The highest BCUT2D eigenvalue weighted by Gasteiger charge is 2.29. The van der Waals surface area contributed by atoms with Gasteiger partial charge in [-0.1, -0.05) is 0 Å². The van der Waals surface area contributed by atoms with Crippen molar-refractivity contribution in [2.45, 2.75) is 31.8 Å². The highest BCUT2D eigenvalue weighted by molar-refractivity contribution is 4.84. The maximum absolute atomic E-state index is 8.58. The highest BCUT2D eigenvalue weighted by atomic mass is 16.5. The van der Waals surface area contributed by atoms with Crippen molar-refractivity contribution in [3.8, 4) is 6.07 Å². The molecule has 0 aliphatic carbocycles. The molecule has 0 aromatic rings. The molecule has 0 N–H and O–H groups in total. The topological polar surface area (TPSA) is 39.5 Å². The first kappa shape index (κ1) is 11.8. The smallest absolute Gasteiger partial charge is 0.0645 e. The summed E-state index contributed by atoms with van der Waals surface area (Å²) in [5.41, 5.74) is 0. The van der Waals surface area contributed by atoms with Crippen LogP contribution >= 0.6 is 0 Å². The number of rotatable bonds is 4. The predicted molar refractivity (Wildman–Crippen MR) is 62.1 cm³/mol. The molecule has 2 aliphatic rings. The molecule has 0 bridgehead atoms. The summed E-state index contributed by atoms with van der Waals surface area (Å²) in [6.45, 7) is 8.68. The molecule has 4 nitrogen and oxygen atoms in total. The maximum atomic E-state index is 8.58. The summed E-state index contributed by atoms with van der Waals surface area (Å²) in [6, 6.07) is 3.46. The third kappa shape index (κ3) is 2.73. The SMILES string of the molecule is CC(CCC#N)N1CCN(C2COC2)CC1. The van der Waals surface area contributed by atoms with Crippen LogP contribution in [0.3, 0.4) is 0 Å². The van der Waals surface area contributed by atoms with Gasteiger partial charge in [0.2, 0.25) is 0 Å². The zero-order valence-corrected chi connectivity index (χ0v) is 10.1. The van der Waals surface area contributed by atoms with Crippen LogP contribution in [0.4, 0.5) is 0 Å². The highest BCUT2D eigenvalue weighted by Crippen LogP contribution is 2.15. The summed E-state index contributed by atoms with van der Waals surface area (Å²) in [6.07, 6.45) is 1.68. The van der Waals surface area contributed by atoms with E-state index in [1.807, 2.05) is 0 Å². The van der Waals surface area contributed by atoms with E-state index in [2.05, 4.69) is 22.8 Å². The Hall–Kier alpha value is -0.630. The van der Waals surface area contributed by atoms with Gasteiger partial charge in [0, 0.05) is 38.6 Å². The molecule has 4 heteroatoms. The van der Waals surface area contributed by atoms with Crippen LogP contribution in [0.2, 0.25) is 0 Å². The minimum atomic E-state index is 0.555. The number of hydrogen-bond donors (Lipinski definition) is 0. The van der Waals surface area contributed by atoms with Crippen molar-refractivity contribution < 1.29 is 4.74 Å². The van der Waals surface area contributed by atoms with Gasteiger partial charge in [0.1, 0.15) is 0 Å². The molecule has 1 atom stereocenters. The Morgan fingerprint density at radius 1 is 1.31 bits per heavy atom. The first-order valence-electron chi connectivity index (χ1n) is 6.24. The zero-order chi connectivity index (χ0) is 11.4. The number of nitrogens with zero attached hydrogens (tertiary/aromatic N) is 3. The Kier molecular flexibility index (Phi) is 4.16. The summed E-state index contributed by atoms with van der Waals surface area (Å²) in [4.78, 5) is 5.05. The van der Waals surface area contributed by atoms with Crippen LogP contribution in [-0.2, 0) is 4.74 Å². The van der Waals surface area contributed by atoms with E-state index < -0.39 is 0 Å². The van der Waals surface area contributed by atoms with Gasteiger partial charge in [-0.2, -0.15) is 5.26 Å². The van der Waals surface area contributed by atoms with Crippen molar-refractivity contribution in [3.63, 3.8) is 0 Å². The lowest BCUT2D eigenvalue weighted by atomic mass is 10.1. The summed E-state index contributed by atoms with van der Waals surface area (Å²) in [7, 11) is 0. The van der Waals surface area contributed by atoms with Crippen LogP contribution in [-0.4, -0.2) is 61.3 Å². The van der Waals surface area contributed by atoms with Crippen LogP contribution in [0.5, 0.6) is 0 Å². The van der Waals surface area contributed by atoms with Gasteiger partial charge in [0.15, 0.2) is 0 Å². The van der Waals surface area contributed by atoms with E-state index in [4.69, 9.17) is 10.00 Å². The molecule has 2 aliphatic heterocycles. The monoisotopic (exact) mass is 223 g/mol. The average Bonchev–Trinajstić information content (AvgIpc) is 2.24. The quantitative estimate of drug-likeness (QED) is 0.703. The van der Waals surface area contributed by atoms with E-state index in [0.29, 0.717) is 18.5 Å². The summed E-state index contributed by atoms with van der Waals surface area (Å²) in [5.74, 6) is 0. The molecule has 16 heavy (non-hydrogen) atoms. The molecule has 2 heterocycles. The van der Waals surface area contributed by atoms with Crippen LogP contribution < -0.4 is 0 Å². The molecular weight excluding hydrogens is 202 g/mol. The molecule has 2 saturated heterocycles. The van der Waals surface area contributed by atoms with Crippen LogP contribution in [0.25, 0.3) is 0 Å². The first-order chi connectivity index (χ1) is 7.81. The van der Waals surface area contributed by atoms with Gasteiger partial charge < -0.3 is 4.74 Å². The summed E-state index contributed by atoms with van der Waals surface area (Å²) < 4.78 is 5.22. The lowest BCUT2D eigenvalue weighted by molar-refractivity contribution is -0.0793. The fraction of sp³-hybridized carbons (Fsp3) is 0.917. The van der Waals surface area contributed by atoms with Crippen LogP contribution in [0, 0.1) is 11.3 Å². The van der Waals surface area contributed by atoms with Gasteiger partial charge in [-0.3, -0.25) is 9.80 Å². The third-order valence-corrected chi connectivity index (χ3v) is 3.78. The van der Waals surface area contributed by atoms with Crippen molar-refractivity contribution in [1.29, 1.82) is 5.26 Å². The molecule has 0 aromatic carbocycles. The second kappa shape index (κ2) is 5.62. The van der Waals surface area contributed by atoms with E-state index in [-0.39, 0.29) is 0 Å². The Morgan fingerprint density at radius 3 is 2.50 bits per heavy atom. The molecule has 1 unspecified atom stereocenters. The van der Waals surface area contributed by atoms with E-state index >= 15 is 0 Å². The van der Waals surface area contributed by atoms with Gasteiger partial charge in [-0.25, -0.2) is 0 Å². The normalized spacial score (nSPS) is 26.0. The van der Waals surface area contributed by atoms with E-state index in [1.54, 1.807) is 0 Å². The Bertz CT molecular complexity index is 251. The average molecular weight is 223 g/mol. The molecule has 0 aromatic heterocycles. The predicted octanol–water partition coefficient (Wildman–Crippen LogP) is 0.695. The molecular formula is C12H21N3O. The van der Waals surface area contributed by atoms with Crippen molar-refractivity contribution in [1.82, 2.24) is 9.80 Å². The third-order valence-electron chi connectivity index (χ3n) is 3.78. The van der Waals surface area contributed by atoms with E-state index in [1.165, 1.54) is 0 Å². The Labute approximate surface area is 97.8 Å². The Balaban J connectivity index is 1.69. The van der Waals surface area contributed by atoms with Gasteiger partial charge >= 0.3 is 0 Å². The minimum Gasteiger partial charge on any atom is -0.378 e. The molecule has 90 valence electrons. The van der Waals surface area contributed by atoms with Gasteiger partial charge in [-0.05, 0) is 13.3 Å². The van der Waals surface area contributed by atoms with Crippen molar-refractivity contribution >= 4 is 0 Å². The molecule has 0 spiro atoms. The maximum Gasteiger partial charge on any atom is 0.0645 e. The number of piperazine rings is 1. The first-order valence-corrected chi connectivity index (χ1v) is 6.24. The lowest BCUT2D eigenvalue weighted by Crippen LogP contribution is -2.57. The fourth-order valence-corrected chi connectivity index (χ4v) is 2.43. The zero-order valence-electron chi connectivity index (χ0n) is 10.1. The lowest BCUT2D eigenvalue weighted by Gasteiger charge is -2.44. The number of ether oxygens (including phenoxy) is 1. The summed E-state index contributed by atoms with van der Waals surface area (Å²) >= 11 is 0. The molecule has 0 radical (unpaired) electrons. The minimum absolute atomic E-state index is 0.555. The van der Waals surface area contributed by atoms with Crippen molar-refractivity contribution in [3.05, 3.63) is 0 Å². The number of hydrogen-bond acceptors (Lipinski definition) is 4. The summed E-state index contributed by atoms with van der Waals surface area (Å²) in [5, 5.41) is 8.58. The van der Waals surface area contributed by atoms with Crippen LogP contribution in [0.15, 0.2) is 0 Å². The van der Waals surface area contributed by atoms with E-state index in [9.17, 15) is 0 Å². The van der Waals surface area contributed by atoms with Gasteiger partial charge in [0.25, 0.3) is 0 Å². The van der Waals surface area contributed by atoms with Gasteiger partial charge in [0.05, 0.1) is 25.3 Å². The number of nitriles is 1. The van der Waals surface area contributed by atoms with Crippen LogP contribution in [0.1, 0.15) is 19.8 Å². The van der Waals surface area contributed by atoms with Crippen molar-refractivity contribution in [2.75, 3.05) is 39.4 Å². The van der Waals surface area contributed by atoms with Crippen molar-refractivity contribution in [2.24, 2.45) is 0 Å². The fourth-order valence-electron chi connectivity index (χ4n) is 2.43.